The topological polar surface area (TPSA) is 53.8 Å². The molecule has 22 heavy (non-hydrogen) atoms. The molecule has 2 aromatic carbocycles. The molecule has 1 aliphatic rings. The number of aromatic amines is 1. The van der Waals surface area contributed by atoms with Gasteiger partial charge in [-0.05, 0) is 30.3 Å². The number of methoxy groups -OCH3 is 1. The Morgan fingerprint density at radius 1 is 1.05 bits per heavy atom. The third kappa shape index (κ3) is 2.07. The molecule has 3 aromatic rings. The lowest BCUT2D eigenvalue weighted by Gasteiger charge is -2.01. The van der Waals surface area contributed by atoms with Crippen molar-refractivity contribution >= 4 is 0 Å². The lowest BCUT2D eigenvalue weighted by Crippen LogP contribution is -2.37. The normalized spacial score (nSPS) is 13.1. The second-order valence-electron chi connectivity index (χ2n) is 5.30. The van der Waals surface area contributed by atoms with Crippen LogP contribution < -0.4 is 14.7 Å². The smallest absolute Gasteiger partial charge is 0.253 e. The Hall–Kier alpha value is -2.66. The molecule has 5 nitrogen and oxygen atoms in total. The maximum Gasteiger partial charge on any atom is 0.253 e. The summed E-state index contributed by atoms with van der Waals surface area (Å²) in [4.78, 5) is 0. The van der Waals surface area contributed by atoms with Crippen LogP contribution in [0.3, 0.4) is 0 Å². The van der Waals surface area contributed by atoms with Gasteiger partial charge in [0.1, 0.15) is 5.75 Å². The Kier molecular flexibility index (Phi) is 3.12. The molecule has 5 heteroatoms. The summed E-state index contributed by atoms with van der Waals surface area (Å²) < 4.78 is 7.28. The van der Waals surface area contributed by atoms with Crippen LogP contribution in [0.25, 0.3) is 16.9 Å². The summed E-state index contributed by atoms with van der Waals surface area (Å²) in [6.07, 6.45) is 0. The zero-order chi connectivity index (χ0) is 14.9. The van der Waals surface area contributed by atoms with Crippen LogP contribution in [0.15, 0.2) is 48.5 Å². The highest BCUT2D eigenvalue weighted by molar-refractivity contribution is 5.61. The first kappa shape index (κ1) is 13.0. The number of hydrogen-bond acceptors (Lipinski definition) is 3. The molecule has 0 fully saturated rings. The van der Waals surface area contributed by atoms with Gasteiger partial charge in [-0.2, -0.15) is 0 Å². The highest BCUT2D eigenvalue weighted by Gasteiger charge is 2.27. The summed E-state index contributed by atoms with van der Waals surface area (Å²) in [5, 5.41) is 11.1. The number of ether oxygens (including phenoxy) is 1. The molecule has 2 heterocycles. The van der Waals surface area contributed by atoms with E-state index in [1.165, 1.54) is 5.56 Å². The molecular formula is C17H17N4O+. The second-order valence-corrected chi connectivity index (χ2v) is 5.30. The van der Waals surface area contributed by atoms with E-state index >= 15 is 0 Å². The van der Waals surface area contributed by atoms with E-state index in [4.69, 9.17) is 4.74 Å². The van der Waals surface area contributed by atoms with E-state index < -0.39 is 0 Å². The Labute approximate surface area is 128 Å². The highest BCUT2D eigenvalue weighted by atomic mass is 16.5. The number of aromatic nitrogens is 3. The number of fused-ring (bicyclic) bond motifs is 3. The Morgan fingerprint density at radius 2 is 1.86 bits per heavy atom. The van der Waals surface area contributed by atoms with Crippen LogP contribution in [0, 0.1) is 0 Å². The van der Waals surface area contributed by atoms with E-state index in [1.807, 2.05) is 24.3 Å². The van der Waals surface area contributed by atoms with E-state index in [-0.39, 0.29) is 0 Å². The van der Waals surface area contributed by atoms with Crippen LogP contribution >= 0.6 is 0 Å². The summed E-state index contributed by atoms with van der Waals surface area (Å²) in [6, 6.07) is 16.3. The van der Waals surface area contributed by atoms with Crippen molar-refractivity contribution in [2.45, 2.75) is 13.1 Å². The van der Waals surface area contributed by atoms with Gasteiger partial charge in [0.15, 0.2) is 11.4 Å². The van der Waals surface area contributed by atoms with Gasteiger partial charge in [0, 0.05) is 22.8 Å². The summed E-state index contributed by atoms with van der Waals surface area (Å²) in [6.45, 7) is 1.63. The van der Waals surface area contributed by atoms with Crippen LogP contribution in [-0.4, -0.2) is 17.4 Å². The molecule has 0 bridgehead atoms. The van der Waals surface area contributed by atoms with Crippen molar-refractivity contribution in [3.05, 3.63) is 59.8 Å². The number of nitrogens with zero attached hydrogens (tertiary/aromatic N) is 2. The molecule has 0 radical (unpaired) electrons. The predicted molar refractivity (Wildman–Crippen MR) is 82.7 cm³/mol. The Balaban J connectivity index is 1.83. The number of benzene rings is 2. The monoisotopic (exact) mass is 293 g/mol. The van der Waals surface area contributed by atoms with Gasteiger partial charge in [-0.1, -0.05) is 23.4 Å². The van der Waals surface area contributed by atoms with Crippen molar-refractivity contribution in [1.82, 2.24) is 15.6 Å². The molecule has 110 valence electrons. The SMILES string of the molecule is COc1ccc(-c2n[nH][n+]3c2CNCc2ccccc2-3)cc1. The Morgan fingerprint density at radius 3 is 2.68 bits per heavy atom. The molecule has 1 aromatic heterocycles. The maximum absolute atomic E-state index is 5.22. The average molecular weight is 293 g/mol. The van der Waals surface area contributed by atoms with E-state index in [1.54, 1.807) is 7.11 Å². The minimum Gasteiger partial charge on any atom is -0.497 e. The van der Waals surface area contributed by atoms with Gasteiger partial charge >= 0.3 is 0 Å². The van der Waals surface area contributed by atoms with Crippen LogP contribution in [0.4, 0.5) is 0 Å². The van der Waals surface area contributed by atoms with E-state index in [2.05, 4.69) is 44.6 Å². The van der Waals surface area contributed by atoms with E-state index in [0.717, 1.165) is 41.5 Å². The standard InChI is InChI=1S/C17H16N4O/c1-22-14-8-6-12(7-9-14)17-16-11-18-10-13-4-2-3-5-15(13)21(16)20-19-17/h2-9,18H,10-11H2,1H3/p+1. The fourth-order valence-electron chi connectivity index (χ4n) is 2.87. The summed E-state index contributed by atoms with van der Waals surface area (Å²) >= 11 is 0. The first-order valence-corrected chi connectivity index (χ1v) is 7.29. The van der Waals surface area contributed by atoms with Crippen LogP contribution in [-0.2, 0) is 13.1 Å². The molecule has 0 saturated carbocycles. The number of hydrogen-bond donors (Lipinski definition) is 2. The van der Waals surface area contributed by atoms with Gasteiger partial charge in [-0.3, -0.25) is 0 Å². The summed E-state index contributed by atoms with van der Waals surface area (Å²) in [7, 11) is 1.67. The molecule has 0 unspecified atom stereocenters. The summed E-state index contributed by atoms with van der Waals surface area (Å²) in [5.74, 6) is 0.849. The molecule has 1 aliphatic heterocycles. The molecule has 4 rings (SSSR count). The second kappa shape index (κ2) is 5.27. The van der Waals surface area contributed by atoms with E-state index in [9.17, 15) is 0 Å². The maximum atomic E-state index is 5.22. The van der Waals surface area contributed by atoms with Gasteiger partial charge in [0.25, 0.3) is 5.69 Å². The molecule has 0 amide bonds. The van der Waals surface area contributed by atoms with Crippen molar-refractivity contribution in [3.8, 4) is 22.7 Å². The number of nitrogens with one attached hydrogen (secondary N) is 2. The number of para-hydroxylation sites is 1. The quantitative estimate of drug-likeness (QED) is 0.710. The van der Waals surface area contributed by atoms with Crippen molar-refractivity contribution in [2.75, 3.05) is 7.11 Å². The molecule has 0 spiro atoms. The number of rotatable bonds is 2. The first-order chi connectivity index (χ1) is 10.9. The van der Waals surface area contributed by atoms with Crippen molar-refractivity contribution < 1.29 is 9.42 Å². The van der Waals surface area contributed by atoms with Gasteiger partial charge in [-0.15, -0.1) is 4.68 Å². The zero-order valence-electron chi connectivity index (χ0n) is 12.3. The first-order valence-electron chi connectivity index (χ1n) is 7.29. The molecule has 0 atom stereocenters. The fourth-order valence-corrected chi connectivity index (χ4v) is 2.87. The highest BCUT2D eigenvalue weighted by Crippen LogP contribution is 2.24. The van der Waals surface area contributed by atoms with E-state index in [0.29, 0.717) is 0 Å². The largest absolute Gasteiger partial charge is 0.497 e. The fraction of sp³-hybridized carbons (Fsp3) is 0.176. The number of H-pyrrole nitrogens is 1. The van der Waals surface area contributed by atoms with Gasteiger partial charge in [0.2, 0.25) is 0 Å². The van der Waals surface area contributed by atoms with Gasteiger partial charge in [-0.25, -0.2) is 0 Å². The zero-order valence-corrected chi connectivity index (χ0v) is 12.3. The minimum absolute atomic E-state index is 0.770. The summed E-state index contributed by atoms with van der Waals surface area (Å²) in [5.41, 5.74) is 5.58. The lowest BCUT2D eigenvalue weighted by atomic mass is 10.1. The average Bonchev–Trinajstić information content (AvgIpc) is 2.90. The van der Waals surface area contributed by atoms with Crippen LogP contribution in [0.1, 0.15) is 11.3 Å². The van der Waals surface area contributed by atoms with Crippen LogP contribution in [0.5, 0.6) is 5.75 Å². The molecule has 0 saturated heterocycles. The van der Waals surface area contributed by atoms with Gasteiger partial charge < -0.3 is 10.1 Å². The van der Waals surface area contributed by atoms with Crippen molar-refractivity contribution in [3.63, 3.8) is 0 Å². The third-order valence-electron chi connectivity index (χ3n) is 4.01. The molecule has 0 aliphatic carbocycles. The lowest BCUT2D eigenvalue weighted by molar-refractivity contribution is -0.666. The molecule has 2 N–H and O–H groups in total. The minimum atomic E-state index is 0.770. The van der Waals surface area contributed by atoms with Crippen molar-refractivity contribution in [1.29, 1.82) is 0 Å². The molecular weight excluding hydrogens is 276 g/mol. The Bertz CT molecular complexity index is 808. The van der Waals surface area contributed by atoms with Crippen LogP contribution in [0.2, 0.25) is 0 Å². The predicted octanol–water partition coefficient (Wildman–Crippen LogP) is 1.97. The van der Waals surface area contributed by atoms with Gasteiger partial charge in [0.05, 0.1) is 13.7 Å². The van der Waals surface area contributed by atoms with Crippen molar-refractivity contribution in [2.24, 2.45) is 0 Å². The third-order valence-corrected chi connectivity index (χ3v) is 4.01.